The van der Waals surface area contributed by atoms with E-state index >= 15 is 0 Å². The maximum absolute atomic E-state index is 11.8. The van der Waals surface area contributed by atoms with Gasteiger partial charge in [0.05, 0.1) is 23.2 Å². The van der Waals surface area contributed by atoms with Crippen LogP contribution in [0.1, 0.15) is 41.9 Å². The summed E-state index contributed by atoms with van der Waals surface area (Å²) in [5.41, 5.74) is 1.57. The van der Waals surface area contributed by atoms with Crippen LogP contribution in [0.25, 0.3) is 11.0 Å². The number of fused-ring (bicyclic) bond motifs is 1. The van der Waals surface area contributed by atoms with E-state index in [1.165, 1.54) is 6.07 Å². The Morgan fingerprint density at radius 2 is 2.19 bits per heavy atom. The average Bonchev–Trinajstić information content (AvgIpc) is 3.23. The topological polar surface area (TPSA) is 81.4 Å². The summed E-state index contributed by atoms with van der Waals surface area (Å²) >= 11 is 0. The van der Waals surface area contributed by atoms with Crippen molar-refractivity contribution in [1.29, 1.82) is 0 Å². The third kappa shape index (κ3) is 2.61. The van der Waals surface area contributed by atoms with Gasteiger partial charge in [0.1, 0.15) is 12.4 Å². The molecule has 0 unspecified atom stereocenters. The quantitative estimate of drug-likeness (QED) is 0.853. The molecule has 0 saturated heterocycles. The van der Waals surface area contributed by atoms with Crippen LogP contribution in [-0.2, 0) is 16.1 Å². The minimum absolute atomic E-state index is 0.0687. The van der Waals surface area contributed by atoms with Crippen LogP contribution in [0.5, 0.6) is 0 Å². The van der Waals surface area contributed by atoms with Gasteiger partial charge in [0.2, 0.25) is 0 Å². The molecular formula is C15H16N2O4. The van der Waals surface area contributed by atoms with Gasteiger partial charge in [-0.2, -0.15) is 0 Å². The molecule has 1 aliphatic rings. The van der Waals surface area contributed by atoms with Gasteiger partial charge in [-0.25, -0.2) is 9.78 Å². The molecule has 0 bridgehead atoms. The molecule has 1 saturated carbocycles. The number of carbonyl (C=O) groups excluding carboxylic acids is 1. The van der Waals surface area contributed by atoms with Crippen molar-refractivity contribution in [2.75, 3.05) is 6.61 Å². The summed E-state index contributed by atoms with van der Waals surface area (Å²) in [7, 11) is 0. The third-order valence-corrected chi connectivity index (χ3v) is 3.56. The van der Waals surface area contributed by atoms with Crippen molar-refractivity contribution >= 4 is 23.0 Å². The van der Waals surface area contributed by atoms with Crippen LogP contribution in [0.3, 0.4) is 0 Å². The molecule has 0 radical (unpaired) electrons. The number of imidazole rings is 1. The second-order valence-electron chi connectivity index (χ2n) is 5.14. The lowest BCUT2D eigenvalue weighted by atomic mass is 10.2. The number of benzene rings is 1. The lowest BCUT2D eigenvalue weighted by Gasteiger charge is -2.08. The van der Waals surface area contributed by atoms with Crippen LogP contribution in [0.4, 0.5) is 0 Å². The number of ether oxygens (including phenoxy) is 1. The number of hydrogen-bond donors (Lipinski definition) is 1. The molecule has 0 spiro atoms. The zero-order valence-electron chi connectivity index (χ0n) is 11.7. The number of aromatic carboxylic acids is 1. The van der Waals surface area contributed by atoms with Crippen molar-refractivity contribution < 1.29 is 19.4 Å². The molecule has 1 aliphatic carbocycles. The summed E-state index contributed by atoms with van der Waals surface area (Å²) in [4.78, 5) is 27.4. The summed E-state index contributed by atoms with van der Waals surface area (Å²) in [5.74, 6) is -0.117. The van der Waals surface area contributed by atoms with E-state index in [-0.39, 0.29) is 18.1 Å². The Hall–Kier alpha value is -2.37. The molecule has 6 nitrogen and oxygen atoms in total. The van der Waals surface area contributed by atoms with E-state index in [1.54, 1.807) is 23.6 Å². The number of rotatable bonds is 5. The maximum atomic E-state index is 11.8. The van der Waals surface area contributed by atoms with Crippen molar-refractivity contribution in [1.82, 2.24) is 9.55 Å². The van der Waals surface area contributed by atoms with E-state index < -0.39 is 5.97 Å². The first-order valence-electron chi connectivity index (χ1n) is 6.99. The monoisotopic (exact) mass is 288 g/mol. The predicted molar refractivity (Wildman–Crippen MR) is 75.3 cm³/mol. The summed E-state index contributed by atoms with van der Waals surface area (Å²) < 4.78 is 6.78. The molecule has 1 N–H and O–H groups in total. The highest BCUT2D eigenvalue weighted by Gasteiger charge is 2.30. The number of esters is 1. The van der Waals surface area contributed by atoms with Crippen molar-refractivity contribution in [3.05, 3.63) is 29.6 Å². The Kier molecular flexibility index (Phi) is 3.37. The van der Waals surface area contributed by atoms with E-state index in [0.29, 0.717) is 23.6 Å². The highest BCUT2D eigenvalue weighted by Crippen LogP contribution is 2.40. The average molecular weight is 288 g/mol. The van der Waals surface area contributed by atoms with E-state index in [2.05, 4.69) is 4.98 Å². The fourth-order valence-electron chi connectivity index (χ4n) is 2.43. The molecule has 1 aromatic heterocycles. The molecular weight excluding hydrogens is 272 g/mol. The number of carboxylic acids is 1. The van der Waals surface area contributed by atoms with Gasteiger partial charge in [0.15, 0.2) is 0 Å². The third-order valence-electron chi connectivity index (χ3n) is 3.56. The van der Waals surface area contributed by atoms with Crippen LogP contribution in [-0.4, -0.2) is 33.2 Å². The summed E-state index contributed by atoms with van der Waals surface area (Å²) in [5, 5.41) is 9.11. The highest BCUT2D eigenvalue weighted by atomic mass is 16.5. The first-order chi connectivity index (χ1) is 10.1. The van der Waals surface area contributed by atoms with Crippen molar-refractivity contribution in [2.24, 2.45) is 0 Å². The Morgan fingerprint density at radius 1 is 1.43 bits per heavy atom. The molecule has 1 heterocycles. The van der Waals surface area contributed by atoms with Gasteiger partial charge in [-0.3, -0.25) is 4.79 Å². The standard InChI is InChI=1S/C15H16N2O4/c1-2-21-13(18)8-17-12-7-10(15(19)20)5-6-11(12)16-14(17)9-3-4-9/h5-7,9H,2-4,8H2,1H3,(H,19,20). The number of hydrogen-bond acceptors (Lipinski definition) is 4. The number of aromatic nitrogens is 2. The molecule has 0 atom stereocenters. The molecule has 1 fully saturated rings. The fraction of sp³-hybridized carbons (Fsp3) is 0.400. The van der Waals surface area contributed by atoms with Crippen molar-refractivity contribution in [3.8, 4) is 0 Å². The Labute approximate surface area is 121 Å². The zero-order valence-corrected chi connectivity index (χ0v) is 11.7. The van der Waals surface area contributed by atoms with Crippen LogP contribution >= 0.6 is 0 Å². The highest BCUT2D eigenvalue weighted by molar-refractivity contribution is 5.92. The number of carboxylic acid groups (broad SMARTS) is 1. The molecule has 21 heavy (non-hydrogen) atoms. The Morgan fingerprint density at radius 3 is 2.81 bits per heavy atom. The SMILES string of the molecule is CCOC(=O)Cn1c(C2CC2)nc2ccc(C(=O)O)cc21. The molecule has 3 rings (SSSR count). The molecule has 110 valence electrons. The molecule has 1 aromatic carbocycles. The first-order valence-corrected chi connectivity index (χ1v) is 6.99. The van der Waals surface area contributed by atoms with Crippen LogP contribution in [0.15, 0.2) is 18.2 Å². The number of nitrogens with zero attached hydrogens (tertiary/aromatic N) is 2. The van der Waals surface area contributed by atoms with E-state index in [4.69, 9.17) is 9.84 Å². The fourth-order valence-corrected chi connectivity index (χ4v) is 2.43. The normalized spacial score (nSPS) is 14.3. The molecule has 6 heteroatoms. The summed E-state index contributed by atoms with van der Waals surface area (Å²) in [6, 6.07) is 4.78. The molecule has 2 aromatic rings. The lowest BCUT2D eigenvalue weighted by Crippen LogP contribution is -2.15. The second kappa shape index (κ2) is 5.20. The first kappa shape index (κ1) is 13.6. The maximum Gasteiger partial charge on any atom is 0.335 e. The Bertz CT molecular complexity index is 716. The van der Waals surface area contributed by atoms with Gasteiger partial charge >= 0.3 is 11.9 Å². The van der Waals surface area contributed by atoms with Crippen molar-refractivity contribution in [2.45, 2.75) is 32.2 Å². The minimum atomic E-state index is -0.992. The van der Waals surface area contributed by atoms with E-state index in [1.807, 2.05) is 0 Å². The van der Waals surface area contributed by atoms with E-state index in [0.717, 1.165) is 18.7 Å². The Balaban J connectivity index is 2.07. The van der Waals surface area contributed by atoms with Gasteiger partial charge in [0, 0.05) is 5.92 Å². The largest absolute Gasteiger partial charge is 0.478 e. The van der Waals surface area contributed by atoms with Gasteiger partial charge in [0.25, 0.3) is 0 Å². The molecule has 0 aliphatic heterocycles. The van der Waals surface area contributed by atoms with Gasteiger partial charge < -0.3 is 14.4 Å². The predicted octanol–water partition coefficient (Wildman–Crippen LogP) is 2.17. The van der Waals surface area contributed by atoms with Gasteiger partial charge in [-0.1, -0.05) is 0 Å². The summed E-state index contributed by atoms with van der Waals surface area (Å²) in [6.07, 6.45) is 2.11. The van der Waals surface area contributed by atoms with Crippen LogP contribution in [0, 0.1) is 0 Å². The van der Waals surface area contributed by atoms with Crippen molar-refractivity contribution in [3.63, 3.8) is 0 Å². The zero-order chi connectivity index (χ0) is 15.0. The smallest absolute Gasteiger partial charge is 0.335 e. The summed E-state index contributed by atoms with van der Waals surface area (Å²) in [6.45, 7) is 2.15. The number of carbonyl (C=O) groups is 2. The van der Waals surface area contributed by atoms with Crippen LogP contribution < -0.4 is 0 Å². The van der Waals surface area contributed by atoms with Crippen LogP contribution in [0.2, 0.25) is 0 Å². The van der Waals surface area contributed by atoms with E-state index in [9.17, 15) is 9.59 Å². The lowest BCUT2D eigenvalue weighted by molar-refractivity contribution is -0.143. The second-order valence-corrected chi connectivity index (χ2v) is 5.14. The minimum Gasteiger partial charge on any atom is -0.478 e. The van der Waals surface area contributed by atoms with Gasteiger partial charge in [-0.05, 0) is 38.0 Å². The molecule has 0 amide bonds. The van der Waals surface area contributed by atoms with Gasteiger partial charge in [-0.15, -0.1) is 0 Å².